The van der Waals surface area contributed by atoms with Gasteiger partial charge >= 0.3 is 119 Å². The molecule has 2 rings (SSSR count). The molecule has 0 aliphatic carbocycles. The SMILES string of the molecule is C[C@H](c1ccc([Si](C)(CCC(F)(F)C(F)(F)C(F)(F)C(F)(F)C(F)(F)C(F)(F)C(F)(F)C(F)(F)C(F)(F)C(F)(F)F)CCC(F)(F)C(F)(F)C(F)(F)C(F)(F)C(F)(F)C(F)(F)C(F)(F)C(F)(F)C(F)(F)C(F)(F)F)cc1[S-])N1CCCC1. The fraction of sp³-hybridized carbons (Fsp3) is 0.838. The maximum atomic E-state index is 15.3. The molecule has 1 saturated heterocycles. The Morgan fingerprint density at radius 1 is 0.366 bits per heavy atom. The van der Waals surface area contributed by atoms with Gasteiger partial charge in [0.25, 0.3) is 0 Å². The zero-order chi connectivity index (χ0) is 66.2. The zero-order valence-corrected chi connectivity index (χ0v) is 40.5. The lowest BCUT2D eigenvalue weighted by molar-refractivity contribution is -0.474. The fourth-order valence-electron chi connectivity index (χ4n) is 7.36. The molecule has 1 aromatic rings. The highest BCUT2D eigenvalue weighted by atomic mass is 32.1. The van der Waals surface area contributed by atoms with Gasteiger partial charge in [-0.2, -0.15) is 189 Å². The second-order valence-corrected chi connectivity index (χ2v) is 23.5. The van der Waals surface area contributed by atoms with Gasteiger partial charge in [0.1, 0.15) is 0 Å². The van der Waals surface area contributed by atoms with Crippen molar-refractivity contribution in [3.63, 3.8) is 0 Å². The van der Waals surface area contributed by atoms with Crippen molar-refractivity contribution in [1.29, 1.82) is 0 Å². The molecule has 1 aliphatic heterocycles. The van der Waals surface area contributed by atoms with Crippen LogP contribution in [0.5, 0.6) is 0 Å². The lowest BCUT2D eigenvalue weighted by atomic mass is 9.86. The van der Waals surface area contributed by atoms with Gasteiger partial charge in [0, 0.05) is 18.9 Å². The third kappa shape index (κ3) is 10.3. The van der Waals surface area contributed by atoms with Crippen LogP contribution >= 0.6 is 0 Å². The fourth-order valence-corrected chi connectivity index (χ4v) is 11.4. The third-order valence-electron chi connectivity index (χ3n) is 13.0. The molecule has 0 spiro atoms. The number of nitrogens with zero attached hydrogens (tertiary/aromatic N) is 1. The van der Waals surface area contributed by atoms with Crippen molar-refractivity contribution in [2.45, 2.75) is 181 Å². The lowest BCUT2D eigenvalue weighted by Gasteiger charge is -2.45. The Morgan fingerprint density at radius 2 is 0.585 bits per heavy atom. The highest BCUT2D eigenvalue weighted by Crippen LogP contribution is 2.69. The molecule has 1 fully saturated rings. The van der Waals surface area contributed by atoms with E-state index in [1.165, 1.54) is 11.8 Å². The Labute approximate surface area is 433 Å². The first-order valence-electron chi connectivity index (χ1n) is 20.8. The van der Waals surface area contributed by atoms with Gasteiger partial charge in [-0.25, -0.2) is 0 Å². The minimum atomic E-state index is -9.70. The van der Waals surface area contributed by atoms with E-state index in [-0.39, 0.29) is 31.3 Å². The summed E-state index contributed by atoms with van der Waals surface area (Å²) in [5.41, 5.74) is -0.208. The van der Waals surface area contributed by atoms with Crippen molar-refractivity contribution in [3.05, 3.63) is 23.8 Å². The maximum Gasteiger partial charge on any atom is 0.460 e. The van der Waals surface area contributed by atoms with Crippen LogP contribution in [0, 0.1) is 0 Å². The molecule has 0 unspecified atom stereocenters. The van der Waals surface area contributed by atoms with Crippen molar-refractivity contribution in [2.24, 2.45) is 0 Å². The Hall–Kier alpha value is -3.32. The van der Waals surface area contributed by atoms with Gasteiger partial charge in [0.05, 0.1) is 8.07 Å². The van der Waals surface area contributed by atoms with Gasteiger partial charge < -0.3 is 12.6 Å². The van der Waals surface area contributed by atoms with Gasteiger partial charge in [0.2, 0.25) is 0 Å². The molecule has 1 heterocycles. The summed E-state index contributed by atoms with van der Waals surface area (Å²) in [6, 6.07) is -5.26. The van der Waals surface area contributed by atoms with Crippen LogP contribution in [0.1, 0.15) is 44.2 Å². The minimum absolute atomic E-state index is 0.0794. The van der Waals surface area contributed by atoms with Gasteiger partial charge in [-0.3, -0.25) is 4.90 Å². The first-order valence-corrected chi connectivity index (χ1v) is 24.1. The van der Waals surface area contributed by atoms with Crippen LogP contribution in [0.2, 0.25) is 18.6 Å². The predicted molar refractivity (Wildman–Crippen MR) is 193 cm³/mol. The molecule has 0 aromatic heterocycles. The molecule has 0 bridgehead atoms. The van der Waals surface area contributed by atoms with E-state index in [9.17, 15) is 167 Å². The normalized spacial score (nSPS) is 18.0. The minimum Gasteiger partial charge on any atom is -0.779 e. The smallest absolute Gasteiger partial charge is 0.460 e. The van der Waals surface area contributed by atoms with Crippen molar-refractivity contribution >= 4 is 25.9 Å². The summed E-state index contributed by atoms with van der Waals surface area (Å²) in [6.45, 7) is 1.55. The molecule has 0 N–H and O–H groups in total. The van der Waals surface area contributed by atoms with Gasteiger partial charge in [-0.15, -0.1) is 0 Å². The van der Waals surface area contributed by atoms with E-state index in [0.29, 0.717) is 25.0 Å². The van der Waals surface area contributed by atoms with Crippen LogP contribution < -0.4 is 5.19 Å². The number of likely N-dealkylation sites (tertiary alicyclic amines) is 1. The molecule has 45 heteroatoms. The van der Waals surface area contributed by atoms with Crippen LogP contribution in [0.3, 0.4) is 0 Å². The quantitative estimate of drug-likeness (QED) is 0.0545. The Morgan fingerprint density at radius 3 is 0.805 bits per heavy atom. The average molecular weight is 1340 g/mol. The average Bonchev–Trinajstić information content (AvgIpc) is 3.84. The number of halogens is 42. The zero-order valence-electron chi connectivity index (χ0n) is 38.7. The Kier molecular flexibility index (Phi) is 18.8. The number of rotatable bonds is 25. The van der Waals surface area contributed by atoms with E-state index >= 15 is 17.6 Å². The molecule has 1 atom stereocenters. The van der Waals surface area contributed by atoms with Crippen molar-refractivity contribution < 1.29 is 184 Å². The number of alkyl halides is 42. The molecule has 0 radical (unpaired) electrons. The monoisotopic (exact) mass is 1340 g/mol. The molecule has 1 aliphatic rings. The van der Waals surface area contributed by atoms with Gasteiger partial charge in [-0.1, -0.05) is 35.5 Å². The molecule has 82 heavy (non-hydrogen) atoms. The molecule has 0 amide bonds. The van der Waals surface area contributed by atoms with Crippen LogP contribution in [-0.4, -0.2) is 145 Å². The van der Waals surface area contributed by atoms with Crippen LogP contribution in [-0.2, 0) is 12.6 Å². The van der Waals surface area contributed by atoms with Crippen molar-refractivity contribution in [2.75, 3.05) is 13.1 Å². The number of hydrogen-bond acceptors (Lipinski definition) is 2. The predicted octanol–water partition coefficient (Wildman–Crippen LogP) is 17.4. The van der Waals surface area contributed by atoms with Crippen LogP contribution in [0.15, 0.2) is 23.1 Å². The van der Waals surface area contributed by atoms with E-state index in [1.54, 1.807) is 0 Å². The second kappa shape index (κ2) is 20.7. The highest BCUT2D eigenvalue weighted by molar-refractivity contribution is 7.58. The summed E-state index contributed by atoms with van der Waals surface area (Å²) < 4.78 is 589. The van der Waals surface area contributed by atoms with E-state index in [4.69, 9.17) is 12.6 Å². The summed E-state index contributed by atoms with van der Waals surface area (Å²) >= 11 is 4.97. The van der Waals surface area contributed by atoms with Crippen molar-refractivity contribution in [3.8, 4) is 0 Å². The summed E-state index contributed by atoms with van der Waals surface area (Å²) in [4.78, 5) is 0.742. The van der Waals surface area contributed by atoms with E-state index in [2.05, 4.69) is 0 Å². The summed E-state index contributed by atoms with van der Waals surface area (Å²) in [7, 11) is -5.92. The standard InChI is InChI=1S/C37H27F42NSSi/c1-14(80-9-3-4-10-80)16-6-5-15(13-17(16)81)82(2,11-7-18(38,39)20(42,43)22(46,47)24(50,51)26(54,55)28(58,59)30(62,63)32(66,67)34(70,71)36(74,75)76)12-8-19(40,41)21(44,45)23(48,49)25(52,53)27(56,57)29(60,61)31(64,65)33(68,69)35(72,73)37(77,78)79/h5-6,13-14,81H,3-4,7-12H2,1-2H3/p-1/t14-/m1/s1. The van der Waals surface area contributed by atoms with Gasteiger partial charge in [0.15, 0.2) is 0 Å². The summed E-state index contributed by atoms with van der Waals surface area (Å²) in [5, 5.41) is -1.28. The van der Waals surface area contributed by atoms with E-state index in [0.717, 1.165) is 0 Å². The van der Waals surface area contributed by atoms with Crippen molar-refractivity contribution in [1.82, 2.24) is 4.90 Å². The van der Waals surface area contributed by atoms with Crippen LogP contribution in [0.25, 0.3) is 0 Å². The number of benzene rings is 1. The Balaban J connectivity index is 2.88. The third-order valence-corrected chi connectivity index (χ3v) is 17.7. The van der Waals surface area contributed by atoms with Gasteiger partial charge in [-0.05, 0) is 44.9 Å². The topological polar surface area (TPSA) is 3.24 Å². The molecular weight excluding hydrogens is 1320 g/mol. The molecule has 1 aromatic carbocycles. The lowest BCUT2D eigenvalue weighted by Crippen LogP contribution is -2.76. The Bertz CT molecular complexity index is 2290. The maximum absolute atomic E-state index is 15.3. The summed E-state index contributed by atoms with van der Waals surface area (Å²) in [6.07, 6.45) is -23.4. The van der Waals surface area contributed by atoms with Crippen LogP contribution in [0.4, 0.5) is 184 Å². The number of hydrogen-bond donors (Lipinski definition) is 0. The molecule has 0 saturated carbocycles. The second-order valence-electron chi connectivity index (χ2n) is 18.3. The molecule has 484 valence electrons. The summed E-state index contributed by atoms with van der Waals surface area (Å²) in [5.74, 6) is -165. The first kappa shape index (κ1) is 74.8. The van der Waals surface area contributed by atoms with E-state index < -0.39 is 168 Å². The van der Waals surface area contributed by atoms with E-state index in [1.807, 2.05) is 0 Å². The molecule has 1 nitrogen and oxygen atoms in total. The molecular formula is C37H26F42NSSi-. The highest BCUT2D eigenvalue weighted by Gasteiger charge is 3.00. The largest absolute Gasteiger partial charge is 0.779 e. The first-order chi connectivity index (χ1) is 35.3.